The van der Waals surface area contributed by atoms with Gasteiger partial charge >= 0.3 is 6.36 Å². The van der Waals surface area contributed by atoms with E-state index < -0.39 is 6.36 Å². The molecule has 3 aromatic rings. The van der Waals surface area contributed by atoms with E-state index in [1.54, 1.807) is 0 Å². The molecule has 0 fully saturated rings. The molecule has 0 saturated carbocycles. The number of ether oxygens (including phenoxy) is 1. The lowest BCUT2D eigenvalue weighted by Crippen LogP contribution is -2.17. The Morgan fingerprint density at radius 3 is 2.30 bits per heavy atom. The molecule has 0 aliphatic rings. The highest BCUT2D eigenvalue weighted by atomic mass is 19.4. The average Bonchev–Trinajstić information content (AvgIpc) is 3.13. The fourth-order valence-corrected chi connectivity index (χ4v) is 2.76. The molecule has 2 N–H and O–H groups in total. The molecule has 142 valence electrons. The SMILES string of the molecule is CCC(CN)c1ccc(-c2ncn(-c3ccc(OC(F)(F)F)cc3)n2)cc1. The van der Waals surface area contributed by atoms with Gasteiger partial charge in [0.05, 0.1) is 5.69 Å². The van der Waals surface area contributed by atoms with Crippen LogP contribution in [0.5, 0.6) is 5.75 Å². The lowest BCUT2D eigenvalue weighted by atomic mass is 9.96. The molecule has 1 aromatic heterocycles. The smallest absolute Gasteiger partial charge is 0.406 e. The predicted octanol–water partition coefficient (Wildman–Crippen LogP) is 4.29. The van der Waals surface area contributed by atoms with Crippen molar-refractivity contribution in [2.45, 2.75) is 25.6 Å². The molecule has 8 heteroatoms. The summed E-state index contributed by atoms with van der Waals surface area (Å²) in [4.78, 5) is 4.28. The second kappa shape index (κ2) is 7.79. The van der Waals surface area contributed by atoms with Gasteiger partial charge < -0.3 is 10.5 Å². The van der Waals surface area contributed by atoms with E-state index in [2.05, 4.69) is 21.7 Å². The van der Waals surface area contributed by atoms with Crippen LogP contribution in [0.3, 0.4) is 0 Å². The maximum atomic E-state index is 12.2. The summed E-state index contributed by atoms with van der Waals surface area (Å²) >= 11 is 0. The zero-order chi connectivity index (χ0) is 19.4. The van der Waals surface area contributed by atoms with Crippen molar-refractivity contribution in [2.24, 2.45) is 5.73 Å². The number of hydrogen-bond donors (Lipinski definition) is 1. The van der Waals surface area contributed by atoms with Crippen molar-refractivity contribution in [3.63, 3.8) is 0 Å². The average molecular weight is 376 g/mol. The van der Waals surface area contributed by atoms with Crippen molar-refractivity contribution in [2.75, 3.05) is 6.54 Å². The summed E-state index contributed by atoms with van der Waals surface area (Å²) in [6.45, 7) is 2.69. The maximum absolute atomic E-state index is 12.2. The lowest BCUT2D eigenvalue weighted by Gasteiger charge is -2.12. The van der Waals surface area contributed by atoms with E-state index in [1.807, 2.05) is 24.3 Å². The van der Waals surface area contributed by atoms with Crippen LogP contribution in [0.2, 0.25) is 0 Å². The minimum absolute atomic E-state index is 0.285. The zero-order valence-corrected chi connectivity index (χ0v) is 14.6. The van der Waals surface area contributed by atoms with Gasteiger partial charge in [-0.05, 0) is 48.7 Å². The monoisotopic (exact) mass is 376 g/mol. The van der Waals surface area contributed by atoms with Gasteiger partial charge in [0.2, 0.25) is 0 Å². The molecule has 0 amide bonds. The van der Waals surface area contributed by atoms with E-state index in [1.165, 1.54) is 40.8 Å². The van der Waals surface area contributed by atoms with Gasteiger partial charge in [0, 0.05) is 5.56 Å². The summed E-state index contributed by atoms with van der Waals surface area (Å²) in [6, 6.07) is 13.3. The first-order valence-electron chi connectivity index (χ1n) is 8.48. The van der Waals surface area contributed by atoms with Crippen LogP contribution in [-0.4, -0.2) is 27.7 Å². The molecule has 1 heterocycles. The summed E-state index contributed by atoms with van der Waals surface area (Å²) in [5.41, 5.74) is 8.37. The van der Waals surface area contributed by atoms with E-state index in [9.17, 15) is 13.2 Å². The molecular weight excluding hydrogens is 357 g/mol. The van der Waals surface area contributed by atoms with Gasteiger partial charge in [-0.15, -0.1) is 18.3 Å². The Bertz CT molecular complexity index is 869. The number of halogens is 3. The number of alkyl halides is 3. The topological polar surface area (TPSA) is 66.0 Å². The molecule has 0 aliphatic carbocycles. The van der Waals surface area contributed by atoms with Crippen LogP contribution >= 0.6 is 0 Å². The zero-order valence-electron chi connectivity index (χ0n) is 14.6. The van der Waals surface area contributed by atoms with Gasteiger partial charge in [-0.1, -0.05) is 31.2 Å². The van der Waals surface area contributed by atoms with Crippen LogP contribution in [0.1, 0.15) is 24.8 Å². The van der Waals surface area contributed by atoms with Gasteiger partial charge in [-0.2, -0.15) is 0 Å². The number of nitrogens with two attached hydrogens (primary N) is 1. The molecule has 1 atom stereocenters. The summed E-state index contributed by atoms with van der Waals surface area (Å²) < 4.78 is 42.0. The van der Waals surface area contributed by atoms with Crippen LogP contribution in [0.25, 0.3) is 17.1 Å². The number of rotatable bonds is 6. The Hall–Kier alpha value is -2.87. The fourth-order valence-electron chi connectivity index (χ4n) is 2.76. The van der Waals surface area contributed by atoms with E-state index in [0.29, 0.717) is 24.0 Å². The first-order valence-corrected chi connectivity index (χ1v) is 8.48. The summed E-state index contributed by atoms with van der Waals surface area (Å²) in [5.74, 6) is 0.563. The van der Waals surface area contributed by atoms with Gasteiger partial charge in [0.25, 0.3) is 0 Å². The molecular formula is C19H19F3N4O. The number of hydrogen-bond acceptors (Lipinski definition) is 4. The highest BCUT2D eigenvalue weighted by Crippen LogP contribution is 2.25. The Balaban J connectivity index is 1.76. The van der Waals surface area contributed by atoms with E-state index in [-0.39, 0.29) is 5.75 Å². The van der Waals surface area contributed by atoms with E-state index in [0.717, 1.165) is 12.0 Å². The van der Waals surface area contributed by atoms with Crippen molar-refractivity contribution in [1.29, 1.82) is 0 Å². The van der Waals surface area contributed by atoms with Crippen LogP contribution in [-0.2, 0) is 0 Å². The number of aromatic nitrogens is 3. The van der Waals surface area contributed by atoms with Gasteiger partial charge in [0.1, 0.15) is 12.1 Å². The molecule has 5 nitrogen and oxygen atoms in total. The first-order chi connectivity index (χ1) is 12.9. The minimum atomic E-state index is -4.71. The van der Waals surface area contributed by atoms with Gasteiger partial charge in [-0.3, -0.25) is 0 Å². The third kappa shape index (κ3) is 4.65. The fraction of sp³-hybridized carbons (Fsp3) is 0.263. The lowest BCUT2D eigenvalue weighted by molar-refractivity contribution is -0.274. The number of benzene rings is 2. The highest BCUT2D eigenvalue weighted by molar-refractivity contribution is 5.55. The van der Waals surface area contributed by atoms with Crippen molar-refractivity contribution in [3.05, 3.63) is 60.4 Å². The van der Waals surface area contributed by atoms with Crippen LogP contribution in [0.15, 0.2) is 54.9 Å². The maximum Gasteiger partial charge on any atom is 0.573 e. The second-order valence-corrected chi connectivity index (χ2v) is 6.02. The number of nitrogens with zero attached hydrogens (tertiary/aromatic N) is 3. The highest BCUT2D eigenvalue weighted by Gasteiger charge is 2.31. The van der Waals surface area contributed by atoms with Crippen LogP contribution in [0.4, 0.5) is 13.2 Å². The Morgan fingerprint density at radius 2 is 1.74 bits per heavy atom. The molecule has 27 heavy (non-hydrogen) atoms. The molecule has 0 aliphatic heterocycles. The standard InChI is InChI=1S/C19H19F3N4O/c1-2-13(11-23)14-3-5-15(6-4-14)18-24-12-26(25-18)16-7-9-17(10-8-16)27-19(20,21)22/h3-10,12-13H,2,11,23H2,1H3. The van der Waals surface area contributed by atoms with Crippen molar-refractivity contribution < 1.29 is 17.9 Å². The van der Waals surface area contributed by atoms with E-state index in [4.69, 9.17) is 5.73 Å². The molecule has 1 unspecified atom stereocenters. The molecule has 2 aromatic carbocycles. The van der Waals surface area contributed by atoms with E-state index >= 15 is 0 Å². The molecule has 0 bridgehead atoms. The van der Waals surface area contributed by atoms with Gasteiger partial charge in [0.15, 0.2) is 5.82 Å². The summed E-state index contributed by atoms with van der Waals surface area (Å²) in [7, 11) is 0. The normalized spacial score (nSPS) is 12.8. The molecule has 3 rings (SSSR count). The van der Waals surface area contributed by atoms with Crippen molar-refractivity contribution >= 4 is 0 Å². The van der Waals surface area contributed by atoms with Crippen molar-refractivity contribution in [1.82, 2.24) is 14.8 Å². The Kier molecular flexibility index (Phi) is 5.46. The quantitative estimate of drug-likeness (QED) is 0.697. The Morgan fingerprint density at radius 1 is 1.07 bits per heavy atom. The molecule has 0 spiro atoms. The molecule has 0 saturated heterocycles. The predicted molar refractivity (Wildman–Crippen MR) is 95.6 cm³/mol. The largest absolute Gasteiger partial charge is 0.573 e. The Labute approximate surface area is 154 Å². The third-order valence-electron chi connectivity index (χ3n) is 4.24. The van der Waals surface area contributed by atoms with Gasteiger partial charge in [-0.25, -0.2) is 9.67 Å². The minimum Gasteiger partial charge on any atom is -0.406 e. The second-order valence-electron chi connectivity index (χ2n) is 6.02. The third-order valence-corrected chi connectivity index (χ3v) is 4.24. The summed E-state index contributed by atoms with van der Waals surface area (Å²) in [6.07, 6.45) is -2.23. The first kappa shape index (κ1) is 18.9. The summed E-state index contributed by atoms with van der Waals surface area (Å²) in [5, 5.41) is 4.39. The van der Waals surface area contributed by atoms with Crippen molar-refractivity contribution in [3.8, 4) is 22.8 Å². The van der Waals surface area contributed by atoms with Crippen LogP contribution in [0, 0.1) is 0 Å². The molecule has 0 radical (unpaired) electrons. The van der Waals surface area contributed by atoms with Crippen LogP contribution < -0.4 is 10.5 Å².